The highest BCUT2D eigenvalue weighted by Gasteiger charge is 2.49. The van der Waals surface area contributed by atoms with Crippen LogP contribution in [0.2, 0.25) is 0 Å². The quantitative estimate of drug-likeness (QED) is 0.260. The van der Waals surface area contributed by atoms with Crippen molar-refractivity contribution in [1.82, 2.24) is 9.88 Å². The Kier molecular flexibility index (Phi) is 5.67. The number of thiazole rings is 1. The highest BCUT2D eigenvalue weighted by Crippen LogP contribution is 2.53. The first-order chi connectivity index (χ1) is 17.1. The number of fused-ring (bicyclic) bond motifs is 3. The van der Waals surface area contributed by atoms with Crippen LogP contribution in [0.3, 0.4) is 0 Å². The first-order valence-corrected chi connectivity index (χ1v) is 14.0. The maximum absolute atomic E-state index is 13.1. The molecule has 2 aromatic carbocycles. The lowest BCUT2D eigenvalue weighted by Crippen LogP contribution is -2.34. The molecule has 7 heteroatoms. The second kappa shape index (κ2) is 8.54. The largest absolute Gasteiger partial charge is 0.507 e. The van der Waals surface area contributed by atoms with E-state index in [0.29, 0.717) is 39.7 Å². The predicted octanol–water partition coefficient (Wildman–Crippen LogP) is 7.45. The molecule has 2 bridgehead atoms. The van der Waals surface area contributed by atoms with Crippen LogP contribution < -0.4 is 5.63 Å². The van der Waals surface area contributed by atoms with Crippen LogP contribution >= 0.6 is 27.3 Å². The van der Waals surface area contributed by atoms with Gasteiger partial charge < -0.3 is 9.52 Å². The third-order valence-electron chi connectivity index (χ3n) is 7.74. The average molecular weight is 566 g/mol. The molecule has 3 heterocycles. The third kappa shape index (κ3) is 4.31. The summed E-state index contributed by atoms with van der Waals surface area (Å²) in [6.45, 7) is 8.67. The summed E-state index contributed by atoms with van der Waals surface area (Å²) in [5, 5.41) is 14.2. The zero-order valence-electron chi connectivity index (χ0n) is 20.7. The zero-order chi connectivity index (χ0) is 25.2. The second-order valence-corrected chi connectivity index (χ2v) is 13.4. The summed E-state index contributed by atoms with van der Waals surface area (Å²) in [5.74, 6) is 0.177. The highest BCUT2D eigenvalue weighted by molar-refractivity contribution is 9.10. The molecule has 5 nitrogen and oxygen atoms in total. The van der Waals surface area contributed by atoms with Gasteiger partial charge in [0.25, 0.3) is 0 Å². The van der Waals surface area contributed by atoms with Crippen LogP contribution in [0, 0.1) is 10.8 Å². The van der Waals surface area contributed by atoms with E-state index >= 15 is 0 Å². The van der Waals surface area contributed by atoms with Gasteiger partial charge in [-0.3, -0.25) is 4.90 Å². The molecular formula is C29H29BrN2O3S. The Morgan fingerprint density at radius 1 is 1.17 bits per heavy atom. The van der Waals surface area contributed by atoms with Gasteiger partial charge in [0.2, 0.25) is 0 Å². The standard InChI is InChI=1S/C29H29BrN2O3S/c1-28(2)11-20-12-29(3,15-28)16-32(20)13-22-24(33)9-6-18-10-21(27(34)35-25(18)22)26-31-23(14-36-26)17-4-7-19(30)8-5-17/h4-10,14,20,33H,11-13,15-16H2,1-3H3/t20-,29-/m0/s1. The number of aromatic nitrogens is 1. The van der Waals surface area contributed by atoms with Crippen molar-refractivity contribution in [2.75, 3.05) is 6.54 Å². The molecule has 186 valence electrons. The van der Waals surface area contributed by atoms with E-state index in [1.54, 1.807) is 6.07 Å². The molecule has 1 aliphatic heterocycles. The number of benzene rings is 2. The summed E-state index contributed by atoms with van der Waals surface area (Å²) in [5.41, 5.74) is 3.60. The smallest absolute Gasteiger partial charge is 0.346 e. The molecule has 0 spiro atoms. The fraction of sp³-hybridized carbons (Fsp3) is 0.379. The molecule has 4 aromatic rings. The van der Waals surface area contributed by atoms with Crippen LogP contribution in [0.4, 0.5) is 0 Å². The molecule has 0 amide bonds. The van der Waals surface area contributed by atoms with Crippen molar-refractivity contribution < 1.29 is 9.52 Å². The highest BCUT2D eigenvalue weighted by atomic mass is 79.9. The normalized spacial score (nSPS) is 23.4. The van der Waals surface area contributed by atoms with Crippen LogP contribution in [-0.2, 0) is 6.54 Å². The van der Waals surface area contributed by atoms with Crippen LogP contribution in [0.25, 0.3) is 32.8 Å². The minimum Gasteiger partial charge on any atom is -0.507 e. The van der Waals surface area contributed by atoms with E-state index in [1.165, 1.54) is 24.2 Å². The van der Waals surface area contributed by atoms with E-state index in [1.807, 2.05) is 41.8 Å². The third-order valence-corrected chi connectivity index (χ3v) is 9.14. The van der Waals surface area contributed by atoms with E-state index in [4.69, 9.17) is 9.40 Å². The fourth-order valence-corrected chi connectivity index (χ4v) is 7.75. The molecule has 2 atom stereocenters. The van der Waals surface area contributed by atoms with Gasteiger partial charge in [0.15, 0.2) is 0 Å². The molecule has 2 aliphatic rings. The van der Waals surface area contributed by atoms with Gasteiger partial charge in [0.1, 0.15) is 16.3 Å². The van der Waals surface area contributed by atoms with Crippen molar-refractivity contribution in [1.29, 1.82) is 0 Å². The van der Waals surface area contributed by atoms with Gasteiger partial charge in [-0.05, 0) is 60.4 Å². The summed E-state index contributed by atoms with van der Waals surface area (Å²) in [4.78, 5) is 20.3. The fourth-order valence-electron chi connectivity index (χ4n) is 6.65. The Labute approximate surface area is 222 Å². The number of phenols is 1. The SMILES string of the molecule is CC1(C)C[C@H]2C[C@](C)(CN2Cc2c(O)ccc3cc(-c4nc(-c5ccc(Br)cc5)cs4)c(=O)oc23)C1. The van der Waals surface area contributed by atoms with Crippen molar-refractivity contribution >= 4 is 38.2 Å². The molecule has 0 radical (unpaired) electrons. The van der Waals surface area contributed by atoms with E-state index in [-0.39, 0.29) is 11.2 Å². The Balaban J connectivity index is 1.35. The molecule has 0 unspecified atom stereocenters. The maximum atomic E-state index is 13.1. The van der Waals surface area contributed by atoms with E-state index in [9.17, 15) is 9.90 Å². The first kappa shape index (κ1) is 23.9. The Hall–Kier alpha value is -2.48. The Morgan fingerprint density at radius 2 is 1.94 bits per heavy atom. The molecular weight excluding hydrogens is 536 g/mol. The predicted molar refractivity (Wildman–Crippen MR) is 148 cm³/mol. The van der Waals surface area contributed by atoms with Gasteiger partial charge in [0, 0.05) is 39.9 Å². The summed E-state index contributed by atoms with van der Waals surface area (Å²) in [6, 6.07) is 13.8. The van der Waals surface area contributed by atoms with Gasteiger partial charge in [-0.2, -0.15) is 0 Å². The van der Waals surface area contributed by atoms with Gasteiger partial charge in [0.05, 0.1) is 16.8 Å². The number of nitrogens with zero attached hydrogens (tertiary/aromatic N) is 2. The van der Waals surface area contributed by atoms with Gasteiger partial charge >= 0.3 is 5.63 Å². The van der Waals surface area contributed by atoms with Crippen molar-refractivity contribution in [3.8, 4) is 27.6 Å². The lowest BCUT2D eigenvalue weighted by molar-refractivity contribution is 0.126. The van der Waals surface area contributed by atoms with Gasteiger partial charge in [-0.25, -0.2) is 9.78 Å². The molecule has 1 saturated heterocycles. The number of halogens is 1. The van der Waals surface area contributed by atoms with Crippen LogP contribution in [0.1, 0.15) is 45.6 Å². The minimum absolute atomic E-state index is 0.177. The van der Waals surface area contributed by atoms with E-state index in [2.05, 4.69) is 41.6 Å². The van der Waals surface area contributed by atoms with Crippen LogP contribution in [-0.4, -0.2) is 27.6 Å². The molecule has 36 heavy (non-hydrogen) atoms. The van der Waals surface area contributed by atoms with Crippen LogP contribution in [0.15, 0.2) is 61.5 Å². The number of hydrogen-bond donors (Lipinski definition) is 1. The van der Waals surface area contributed by atoms with Gasteiger partial charge in [-0.15, -0.1) is 11.3 Å². The minimum atomic E-state index is -0.431. The number of rotatable bonds is 4. The molecule has 1 saturated carbocycles. The summed E-state index contributed by atoms with van der Waals surface area (Å²) >= 11 is 4.89. The average Bonchev–Trinajstić information content (AvgIpc) is 3.37. The summed E-state index contributed by atoms with van der Waals surface area (Å²) < 4.78 is 6.90. The molecule has 2 aromatic heterocycles. The summed E-state index contributed by atoms with van der Waals surface area (Å²) in [6.07, 6.45) is 3.54. The second-order valence-electron chi connectivity index (χ2n) is 11.6. The van der Waals surface area contributed by atoms with Crippen molar-refractivity contribution in [2.45, 2.75) is 52.6 Å². The van der Waals surface area contributed by atoms with Gasteiger partial charge in [-0.1, -0.05) is 48.8 Å². The Bertz CT molecular complexity index is 1520. The van der Waals surface area contributed by atoms with E-state index in [0.717, 1.165) is 34.1 Å². The summed E-state index contributed by atoms with van der Waals surface area (Å²) in [7, 11) is 0. The maximum Gasteiger partial charge on any atom is 0.346 e. The zero-order valence-corrected chi connectivity index (χ0v) is 23.1. The molecule has 1 aliphatic carbocycles. The lowest BCUT2D eigenvalue weighted by Gasteiger charge is -2.40. The molecule has 2 fully saturated rings. The lowest BCUT2D eigenvalue weighted by atomic mass is 9.65. The number of aromatic hydroxyl groups is 1. The topological polar surface area (TPSA) is 66.6 Å². The van der Waals surface area contributed by atoms with Crippen LogP contribution in [0.5, 0.6) is 5.75 Å². The monoisotopic (exact) mass is 564 g/mol. The molecule has 1 N–H and O–H groups in total. The number of hydrogen-bond acceptors (Lipinski definition) is 6. The van der Waals surface area contributed by atoms with Crippen molar-refractivity contribution in [3.63, 3.8) is 0 Å². The molecule has 6 rings (SSSR count). The Morgan fingerprint density at radius 3 is 2.72 bits per heavy atom. The number of likely N-dealkylation sites (tertiary alicyclic amines) is 1. The van der Waals surface area contributed by atoms with Crippen molar-refractivity contribution in [3.05, 3.63) is 68.3 Å². The number of phenolic OH excluding ortho intramolecular Hbond substituents is 1. The van der Waals surface area contributed by atoms with Crippen molar-refractivity contribution in [2.24, 2.45) is 10.8 Å². The van der Waals surface area contributed by atoms with E-state index < -0.39 is 5.63 Å². The first-order valence-electron chi connectivity index (χ1n) is 12.3.